The summed E-state index contributed by atoms with van der Waals surface area (Å²) in [6.45, 7) is 17.3. The predicted octanol–water partition coefficient (Wildman–Crippen LogP) is 4.76. The normalized spacial score (nSPS) is 22.2. The molecule has 3 saturated heterocycles. The molecular formula is C54H67ClN10O9. The van der Waals surface area contributed by atoms with Gasteiger partial charge >= 0.3 is 6.09 Å². The molecule has 0 spiro atoms. The highest BCUT2D eigenvalue weighted by Crippen LogP contribution is 2.55. The van der Waals surface area contributed by atoms with Crippen molar-refractivity contribution in [1.29, 1.82) is 5.26 Å². The molecule has 5 N–H and O–H groups in total. The zero-order valence-electron chi connectivity index (χ0n) is 42.9. The molecule has 5 aliphatic rings. The van der Waals surface area contributed by atoms with Gasteiger partial charge in [-0.2, -0.15) is 5.26 Å². The van der Waals surface area contributed by atoms with E-state index in [4.69, 9.17) is 26.8 Å². The third kappa shape index (κ3) is 11.0. The van der Waals surface area contributed by atoms with Crippen molar-refractivity contribution in [2.24, 2.45) is 28.4 Å². The first kappa shape index (κ1) is 53.5. The Bertz CT molecular complexity index is 2690. The Labute approximate surface area is 436 Å². The number of imide groups is 2. The average Bonchev–Trinajstić information content (AvgIpc) is 3.63. The van der Waals surface area contributed by atoms with Gasteiger partial charge in [-0.1, -0.05) is 53.1 Å². The number of amides is 7. The first-order valence-corrected chi connectivity index (χ1v) is 25.9. The largest absolute Gasteiger partial charge is 0.489 e. The van der Waals surface area contributed by atoms with E-state index in [1.54, 1.807) is 30.3 Å². The summed E-state index contributed by atoms with van der Waals surface area (Å²) in [6.07, 6.45) is 0.763. The van der Waals surface area contributed by atoms with Crippen molar-refractivity contribution in [3.05, 3.63) is 87.9 Å². The minimum atomic E-state index is -1.25. The molecule has 20 heteroatoms. The zero-order chi connectivity index (χ0) is 53.2. The quantitative estimate of drug-likeness (QED) is 0.112. The standard InChI is InChI=1S/C54H67ClN10O9/c1-32(2)44(57)46(68)58-19-20-59-52(72)73-31-64-43(66)16-15-42(49(64)71)65-47(69)39-14-12-37(27-40(39)48(65)70)63-25-23-61(24-26-63)30-33-17-21-62(22-18-33)36-10-7-34(8-11-36)45(67)60-50-53(3,4)51(54(50,5)6)74-38-13-9-35(29-56)41(55)28-38/h7-14,27-28,32-33,42,44,50-51H,15-26,30-31,57H2,1-6H3,(H,58,68)(H,59,72)(H,60,67)/t42?,44-,50-,51-/m0/s1. The summed E-state index contributed by atoms with van der Waals surface area (Å²) < 4.78 is 11.5. The number of alkyl carbamates (subject to hydrolysis) is 1. The molecule has 0 radical (unpaired) electrons. The Morgan fingerprint density at radius 3 is 2.09 bits per heavy atom. The molecule has 3 aromatic carbocycles. The average molecular weight is 1040 g/mol. The molecule has 0 aromatic heterocycles. The van der Waals surface area contributed by atoms with Crippen LogP contribution in [-0.2, 0) is 19.1 Å². The predicted molar refractivity (Wildman–Crippen MR) is 276 cm³/mol. The summed E-state index contributed by atoms with van der Waals surface area (Å²) in [5.74, 6) is -2.09. The molecule has 74 heavy (non-hydrogen) atoms. The van der Waals surface area contributed by atoms with Gasteiger partial charge in [0.1, 0.15) is 24.0 Å². The Balaban J connectivity index is 0.763. The lowest BCUT2D eigenvalue weighted by Gasteiger charge is -2.63. The van der Waals surface area contributed by atoms with Gasteiger partial charge in [0.05, 0.1) is 27.8 Å². The lowest BCUT2D eigenvalue weighted by molar-refractivity contribution is -0.164. The number of fused-ring (bicyclic) bond motifs is 1. The van der Waals surface area contributed by atoms with Crippen LogP contribution < -0.4 is 36.2 Å². The molecule has 4 heterocycles. The molecule has 3 aromatic rings. The fourth-order valence-corrected chi connectivity index (χ4v) is 11.6. The SMILES string of the molecule is CC(C)[C@H](N)C(=O)NCCNC(=O)OCN1C(=O)CCC(N2C(=O)c3ccc(N4CCN(CC5CCN(c6ccc(C(=O)N[C@H]7C(C)(C)[C@H](Oc8ccc(C#N)c(Cl)c8)C7(C)C)cc6)CC5)CC4)cc3C2=O)C1=O. The number of carbonyl (C=O) groups excluding carboxylic acids is 7. The van der Waals surface area contributed by atoms with Crippen LogP contribution in [-0.4, -0.2) is 146 Å². The van der Waals surface area contributed by atoms with Crippen molar-refractivity contribution in [1.82, 2.24) is 30.7 Å². The number of nitrogens with two attached hydrogens (primary N) is 1. The van der Waals surface area contributed by atoms with Crippen LogP contribution in [0.5, 0.6) is 5.75 Å². The number of piperidine rings is 2. The highest BCUT2D eigenvalue weighted by atomic mass is 35.5. The first-order chi connectivity index (χ1) is 35.2. The number of hydrogen-bond donors (Lipinski definition) is 4. The molecule has 2 atom stereocenters. The van der Waals surface area contributed by atoms with E-state index < -0.39 is 48.5 Å². The topological polar surface area (TPSA) is 240 Å². The van der Waals surface area contributed by atoms with E-state index in [-0.39, 0.29) is 77.8 Å². The van der Waals surface area contributed by atoms with Crippen molar-refractivity contribution in [2.45, 2.75) is 91.5 Å². The summed E-state index contributed by atoms with van der Waals surface area (Å²) in [6, 6.07) is 18.0. The zero-order valence-corrected chi connectivity index (χ0v) is 43.7. The highest BCUT2D eigenvalue weighted by Gasteiger charge is 2.64. The van der Waals surface area contributed by atoms with Crippen LogP contribution >= 0.6 is 11.6 Å². The monoisotopic (exact) mass is 1030 g/mol. The van der Waals surface area contributed by atoms with Crippen molar-refractivity contribution >= 4 is 64.5 Å². The first-order valence-electron chi connectivity index (χ1n) is 25.5. The van der Waals surface area contributed by atoms with E-state index in [1.165, 1.54) is 0 Å². The molecule has 7 amide bonds. The molecule has 1 saturated carbocycles. The van der Waals surface area contributed by atoms with E-state index in [0.29, 0.717) is 27.8 Å². The fraction of sp³-hybridized carbons (Fsp3) is 0.519. The van der Waals surface area contributed by atoms with E-state index in [2.05, 4.69) is 64.4 Å². The van der Waals surface area contributed by atoms with Gasteiger partial charge < -0.3 is 41.0 Å². The number of nitriles is 1. The van der Waals surface area contributed by atoms with Gasteiger partial charge in [-0.25, -0.2) is 9.69 Å². The third-order valence-corrected chi connectivity index (χ3v) is 15.8. The molecule has 394 valence electrons. The number of likely N-dealkylation sites (tertiary alicyclic amines) is 1. The molecule has 4 fully saturated rings. The molecule has 19 nitrogen and oxygen atoms in total. The summed E-state index contributed by atoms with van der Waals surface area (Å²) in [7, 11) is 0. The number of benzene rings is 3. The smallest absolute Gasteiger partial charge is 0.408 e. The lowest BCUT2D eigenvalue weighted by atomic mass is 9.49. The number of nitrogens with one attached hydrogen (secondary N) is 3. The van der Waals surface area contributed by atoms with Crippen LogP contribution in [0.15, 0.2) is 60.7 Å². The van der Waals surface area contributed by atoms with Gasteiger partial charge in [0, 0.05) is 105 Å². The van der Waals surface area contributed by atoms with Gasteiger partial charge in [0.2, 0.25) is 11.8 Å². The number of carbonyl (C=O) groups is 7. The van der Waals surface area contributed by atoms with Crippen molar-refractivity contribution in [3.63, 3.8) is 0 Å². The van der Waals surface area contributed by atoms with Gasteiger partial charge in [0.15, 0.2) is 6.73 Å². The number of halogens is 1. The number of nitrogens with zero attached hydrogens (tertiary/aromatic N) is 6. The maximum atomic E-state index is 13.9. The summed E-state index contributed by atoms with van der Waals surface area (Å²) in [5.41, 5.74) is 8.33. The lowest BCUT2D eigenvalue weighted by Crippen LogP contribution is -2.74. The number of ether oxygens (including phenoxy) is 2. The van der Waals surface area contributed by atoms with Crippen molar-refractivity contribution < 1.29 is 43.0 Å². The molecule has 1 aliphatic carbocycles. The van der Waals surface area contributed by atoms with E-state index in [1.807, 2.05) is 44.2 Å². The number of piperazine rings is 1. The van der Waals surface area contributed by atoms with Crippen LogP contribution in [0.3, 0.4) is 0 Å². The van der Waals surface area contributed by atoms with E-state index >= 15 is 0 Å². The van der Waals surface area contributed by atoms with Crippen LogP contribution in [0.4, 0.5) is 16.2 Å². The van der Waals surface area contributed by atoms with Crippen molar-refractivity contribution in [2.75, 3.05) is 75.4 Å². The summed E-state index contributed by atoms with van der Waals surface area (Å²) in [5, 5.41) is 17.9. The maximum absolute atomic E-state index is 13.9. The summed E-state index contributed by atoms with van der Waals surface area (Å²) >= 11 is 6.27. The van der Waals surface area contributed by atoms with Crippen LogP contribution in [0.2, 0.25) is 5.02 Å². The Morgan fingerprint density at radius 1 is 0.811 bits per heavy atom. The Hall–Kier alpha value is -6.75. The molecule has 8 rings (SSSR count). The molecule has 1 unspecified atom stereocenters. The second-order valence-electron chi connectivity index (χ2n) is 21.5. The molecule has 0 bridgehead atoms. The minimum absolute atomic E-state index is 0.0107. The summed E-state index contributed by atoms with van der Waals surface area (Å²) in [4.78, 5) is 101. The Kier molecular flexibility index (Phi) is 15.9. The Morgan fingerprint density at radius 2 is 1.45 bits per heavy atom. The van der Waals surface area contributed by atoms with Gasteiger partial charge in [0.25, 0.3) is 23.6 Å². The molecule has 4 aliphatic heterocycles. The van der Waals surface area contributed by atoms with Gasteiger partial charge in [-0.15, -0.1) is 0 Å². The van der Waals surface area contributed by atoms with E-state index in [0.717, 1.165) is 79.8 Å². The second kappa shape index (κ2) is 22.0. The van der Waals surface area contributed by atoms with E-state index in [9.17, 15) is 38.8 Å². The number of anilines is 2. The molecular weight excluding hydrogens is 968 g/mol. The minimum Gasteiger partial charge on any atom is -0.489 e. The number of hydrogen-bond acceptors (Lipinski definition) is 14. The van der Waals surface area contributed by atoms with Crippen LogP contribution in [0.25, 0.3) is 0 Å². The van der Waals surface area contributed by atoms with Gasteiger partial charge in [-0.05, 0) is 85.7 Å². The maximum Gasteiger partial charge on any atom is 0.408 e. The fourth-order valence-electron chi connectivity index (χ4n) is 11.4. The third-order valence-electron chi connectivity index (χ3n) is 15.5. The number of rotatable bonds is 16. The van der Waals surface area contributed by atoms with Crippen LogP contribution in [0, 0.1) is 34.0 Å². The van der Waals surface area contributed by atoms with Gasteiger partial charge in [-0.3, -0.25) is 38.6 Å². The van der Waals surface area contributed by atoms with Crippen LogP contribution in [0.1, 0.15) is 104 Å². The highest BCUT2D eigenvalue weighted by molar-refractivity contribution is 6.31. The second-order valence-corrected chi connectivity index (χ2v) is 21.9. The van der Waals surface area contributed by atoms with Crippen molar-refractivity contribution in [3.8, 4) is 11.8 Å².